The Morgan fingerprint density at radius 1 is 0.947 bits per heavy atom. The molecule has 19 heavy (non-hydrogen) atoms. The van der Waals surface area contributed by atoms with Gasteiger partial charge in [-0.25, -0.2) is 0 Å². The Morgan fingerprint density at radius 3 is 2.26 bits per heavy atom. The fourth-order valence-corrected chi connectivity index (χ4v) is 2.14. The summed E-state index contributed by atoms with van der Waals surface area (Å²) in [5, 5.41) is 10.8. The van der Waals surface area contributed by atoms with Crippen LogP contribution in [0.25, 0.3) is 0 Å². The number of methoxy groups -OCH3 is 1. The highest BCUT2D eigenvalue weighted by Crippen LogP contribution is 2.31. The van der Waals surface area contributed by atoms with Crippen molar-refractivity contribution in [1.29, 1.82) is 0 Å². The van der Waals surface area contributed by atoms with Gasteiger partial charge >= 0.3 is 0 Å². The third-order valence-corrected chi connectivity index (χ3v) is 3.70. The first-order valence-electron chi connectivity index (χ1n) is 6.40. The zero-order valence-electron chi connectivity index (χ0n) is 11.9. The highest BCUT2D eigenvalue weighted by Gasteiger charge is 2.26. The van der Waals surface area contributed by atoms with Gasteiger partial charge in [0.25, 0.3) is 0 Å². The van der Waals surface area contributed by atoms with Crippen molar-refractivity contribution in [3.05, 3.63) is 64.7 Å². The Bertz CT molecular complexity index is 586. The van der Waals surface area contributed by atoms with Crippen LogP contribution in [0, 0.1) is 13.8 Å². The number of aliphatic hydroxyl groups is 1. The van der Waals surface area contributed by atoms with Gasteiger partial charge in [-0.1, -0.05) is 30.3 Å². The maximum Gasteiger partial charge on any atom is 0.119 e. The van der Waals surface area contributed by atoms with Gasteiger partial charge in [-0.2, -0.15) is 0 Å². The van der Waals surface area contributed by atoms with Gasteiger partial charge in [0, 0.05) is 0 Å². The lowest BCUT2D eigenvalue weighted by Gasteiger charge is -2.25. The lowest BCUT2D eigenvalue weighted by molar-refractivity contribution is 0.102. The highest BCUT2D eigenvalue weighted by atomic mass is 16.5. The fourth-order valence-electron chi connectivity index (χ4n) is 2.14. The summed E-state index contributed by atoms with van der Waals surface area (Å²) in [7, 11) is 1.63. The van der Waals surface area contributed by atoms with E-state index in [1.165, 1.54) is 11.1 Å². The predicted molar refractivity (Wildman–Crippen MR) is 77.6 cm³/mol. The van der Waals surface area contributed by atoms with Crippen molar-refractivity contribution in [1.82, 2.24) is 0 Å². The van der Waals surface area contributed by atoms with Gasteiger partial charge in [-0.05, 0) is 55.2 Å². The van der Waals surface area contributed by atoms with Crippen LogP contribution in [0.3, 0.4) is 0 Å². The minimum atomic E-state index is -1.02. The molecule has 0 aliphatic rings. The molecule has 0 amide bonds. The highest BCUT2D eigenvalue weighted by molar-refractivity contribution is 5.41. The molecule has 0 saturated carbocycles. The van der Waals surface area contributed by atoms with Crippen LogP contribution in [-0.2, 0) is 5.60 Å². The maximum absolute atomic E-state index is 10.8. The molecule has 0 aliphatic heterocycles. The topological polar surface area (TPSA) is 29.5 Å². The smallest absolute Gasteiger partial charge is 0.119 e. The molecular formula is C17H20O2. The number of aryl methyl sites for hydroxylation is 2. The van der Waals surface area contributed by atoms with Crippen LogP contribution in [0.1, 0.15) is 29.2 Å². The summed E-state index contributed by atoms with van der Waals surface area (Å²) < 4.78 is 5.22. The Morgan fingerprint density at radius 2 is 1.63 bits per heavy atom. The summed E-state index contributed by atoms with van der Waals surface area (Å²) in [6, 6.07) is 13.6. The second-order valence-corrected chi connectivity index (χ2v) is 5.10. The van der Waals surface area contributed by atoms with E-state index in [2.05, 4.69) is 13.8 Å². The summed E-state index contributed by atoms with van der Waals surface area (Å²) in [5.41, 5.74) is 3.11. The SMILES string of the molecule is COc1cccc(C(C)(O)c2ccc(C)c(C)c2)c1. The van der Waals surface area contributed by atoms with Gasteiger partial charge < -0.3 is 9.84 Å². The second-order valence-electron chi connectivity index (χ2n) is 5.10. The Hall–Kier alpha value is -1.80. The molecule has 0 radical (unpaired) electrons. The molecule has 0 aromatic heterocycles. The first-order chi connectivity index (χ1) is 8.95. The van der Waals surface area contributed by atoms with Crippen LogP contribution in [0.2, 0.25) is 0 Å². The van der Waals surface area contributed by atoms with Gasteiger partial charge in [0.15, 0.2) is 0 Å². The van der Waals surface area contributed by atoms with Crippen LogP contribution < -0.4 is 4.74 Å². The maximum atomic E-state index is 10.8. The summed E-state index contributed by atoms with van der Waals surface area (Å²) in [6.45, 7) is 5.94. The predicted octanol–water partition coefficient (Wildman–Crippen LogP) is 3.57. The Balaban J connectivity index is 2.47. The molecule has 100 valence electrons. The van der Waals surface area contributed by atoms with Crippen molar-refractivity contribution < 1.29 is 9.84 Å². The molecule has 1 atom stereocenters. The quantitative estimate of drug-likeness (QED) is 0.909. The molecule has 2 nitrogen and oxygen atoms in total. The number of benzene rings is 2. The van der Waals surface area contributed by atoms with E-state index in [0.717, 1.165) is 16.9 Å². The molecule has 0 aliphatic carbocycles. The van der Waals surface area contributed by atoms with Gasteiger partial charge in [0.1, 0.15) is 11.4 Å². The summed E-state index contributed by atoms with van der Waals surface area (Å²) in [6.07, 6.45) is 0. The third kappa shape index (κ3) is 2.64. The molecule has 0 spiro atoms. The zero-order valence-corrected chi connectivity index (χ0v) is 11.9. The first kappa shape index (κ1) is 13.6. The van der Waals surface area contributed by atoms with Crippen molar-refractivity contribution >= 4 is 0 Å². The van der Waals surface area contributed by atoms with E-state index in [0.29, 0.717) is 0 Å². The minimum Gasteiger partial charge on any atom is -0.497 e. The Kier molecular flexibility index (Phi) is 3.63. The van der Waals surface area contributed by atoms with Gasteiger partial charge in [0.2, 0.25) is 0 Å². The normalized spacial score (nSPS) is 13.9. The first-order valence-corrected chi connectivity index (χ1v) is 6.40. The van der Waals surface area contributed by atoms with Crippen molar-refractivity contribution in [2.45, 2.75) is 26.4 Å². The number of ether oxygens (including phenoxy) is 1. The molecule has 0 fully saturated rings. The molecule has 2 aromatic carbocycles. The van der Waals surface area contributed by atoms with E-state index in [-0.39, 0.29) is 0 Å². The summed E-state index contributed by atoms with van der Waals surface area (Å²) in [4.78, 5) is 0. The standard InChI is InChI=1S/C17H20O2/c1-12-8-9-15(10-13(12)2)17(3,18)14-6-5-7-16(11-14)19-4/h5-11,18H,1-4H3. The molecule has 0 heterocycles. The van der Waals surface area contributed by atoms with Gasteiger partial charge in [-0.3, -0.25) is 0 Å². The van der Waals surface area contributed by atoms with E-state index in [4.69, 9.17) is 4.74 Å². The van der Waals surface area contributed by atoms with E-state index < -0.39 is 5.60 Å². The van der Waals surface area contributed by atoms with Crippen molar-refractivity contribution in [2.75, 3.05) is 7.11 Å². The average Bonchev–Trinajstić information content (AvgIpc) is 2.41. The largest absolute Gasteiger partial charge is 0.497 e. The van der Waals surface area contributed by atoms with E-state index in [1.54, 1.807) is 7.11 Å². The van der Waals surface area contributed by atoms with Crippen LogP contribution in [0.4, 0.5) is 0 Å². The van der Waals surface area contributed by atoms with E-state index in [9.17, 15) is 5.11 Å². The molecule has 1 N–H and O–H groups in total. The fraction of sp³-hybridized carbons (Fsp3) is 0.294. The zero-order chi connectivity index (χ0) is 14.0. The summed E-state index contributed by atoms with van der Waals surface area (Å²) >= 11 is 0. The minimum absolute atomic E-state index is 0.751. The average molecular weight is 256 g/mol. The summed E-state index contributed by atoms with van der Waals surface area (Å²) in [5.74, 6) is 0.751. The van der Waals surface area contributed by atoms with E-state index in [1.807, 2.05) is 49.4 Å². The monoisotopic (exact) mass is 256 g/mol. The lowest BCUT2D eigenvalue weighted by Crippen LogP contribution is -2.23. The van der Waals surface area contributed by atoms with Gasteiger partial charge in [0.05, 0.1) is 7.11 Å². The number of hydrogen-bond donors (Lipinski definition) is 1. The van der Waals surface area contributed by atoms with Gasteiger partial charge in [-0.15, -0.1) is 0 Å². The van der Waals surface area contributed by atoms with Crippen molar-refractivity contribution in [3.63, 3.8) is 0 Å². The molecule has 0 saturated heterocycles. The van der Waals surface area contributed by atoms with Crippen LogP contribution in [0.5, 0.6) is 5.75 Å². The molecule has 2 heteroatoms. The molecule has 2 rings (SSSR count). The third-order valence-electron chi connectivity index (χ3n) is 3.70. The van der Waals surface area contributed by atoms with Crippen molar-refractivity contribution in [2.24, 2.45) is 0 Å². The van der Waals surface area contributed by atoms with Crippen LogP contribution in [0.15, 0.2) is 42.5 Å². The molecular weight excluding hydrogens is 236 g/mol. The molecule has 0 bridgehead atoms. The molecule has 2 aromatic rings. The van der Waals surface area contributed by atoms with Crippen LogP contribution in [-0.4, -0.2) is 12.2 Å². The number of hydrogen-bond acceptors (Lipinski definition) is 2. The Labute approximate surface area is 114 Å². The number of rotatable bonds is 3. The lowest BCUT2D eigenvalue weighted by atomic mass is 9.86. The second kappa shape index (κ2) is 5.06. The van der Waals surface area contributed by atoms with Crippen LogP contribution >= 0.6 is 0 Å². The van der Waals surface area contributed by atoms with E-state index >= 15 is 0 Å². The molecule has 1 unspecified atom stereocenters. The van der Waals surface area contributed by atoms with Crippen molar-refractivity contribution in [3.8, 4) is 5.75 Å².